The minimum absolute atomic E-state index is 0.374. The summed E-state index contributed by atoms with van der Waals surface area (Å²) in [7, 11) is 2.16. The lowest BCUT2D eigenvalue weighted by atomic mass is 9.64. The maximum atomic E-state index is 9.44. The molecule has 1 fully saturated rings. The summed E-state index contributed by atoms with van der Waals surface area (Å²) in [6.45, 7) is 5.84. The minimum atomic E-state index is -0.374. The summed E-state index contributed by atoms with van der Waals surface area (Å²) >= 11 is 0. The third kappa shape index (κ3) is 2.57. The van der Waals surface area contributed by atoms with Crippen LogP contribution in [0.4, 0.5) is 5.69 Å². The SMILES string of the molecule is CB(O)c1ccc(N2CCN(C)CC2)cc1. The van der Waals surface area contributed by atoms with Crippen LogP contribution in [0.1, 0.15) is 0 Å². The van der Waals surface area contributed by atoms with E-state index in [9.17, 15) is 5.02 Å². The smallest absolute Gasteiger partial charge is 0.320 e. The number of nitrogens with zero attached hydrogens (tertiary/aromatic N) is 2. The number of benzene rings is 1. The summed E-state index contributed by atoms with van der Waals surface area (Å²) in [5.74, 6) is 0. The van der Waals surface area contributed by atoms with Crippen LogP contribution < -0.4 is 10.4 Å². The lowest BCUT2D eigenvalue weighted by Crippen LogP contribution is -2.44. The van der Waals surface area contributed by atoms with Crippen LogP contribution in [0.3, 0.4) is 0 Å². The van der Waals surface area contributed by atoms with Gasteiger partial charge in [0, 0.05) is 31.9 Å². The lowest BCUT2D eigenvalue weighted by Gasteiger charge is -2.34. The fourth-order valence-corrected chi connectivity index (χ4v) is 2.03. The van der Waals surface area contributed by atoms with Crippen LogP contribution in [-0.2, 0) is 0 Å². The molecular weight excluding hydrogens is 199 g/mol. The standard InChI is InChI=1S/C12H19BN2O/c1-13(16)11-3-5-12(6-4-11)15-9-7-14(2)8-10-15/h3-6,16H,7-10H2,1-2H3. The van der Waals surface area contributed by atoms with E-state index in [1.807, 2.05) is 12.1 Å². The van der Waals surface area contributed by atoms with Crippen molar-refractivity contribution in [2.75, 3.05) is 38.1 Å². The molecule has 1 aliphatic heterocycles. The molecular formula is C12H19BN2O. The predicted molar refractivity (Wildman–Crippen MR) is 69.6 cm³/mol. The van der Waals surface area contributed by atoms with Crippen molar-refractivity contribution in [1.29, 1.82) is 0 Å². The van der Waals surface area contributed by atoms with Gasteiger partial charge in [0.1, 0.15) is 0 Å². The summed E-state index contributed by atoms with van der Waals surface area (Å²) < 4.78 is 0. The van der Waals surface area contributed by atoms with E-state index in [2.05, 4.69) is 29.0 Å². The highest BCUT2D eigenvalue weighted by Gasteiger charge is 2.14. The maximum absolute atomic E-state index is 9.44. The predicted octanol–water partition coefficient (Wildman–Crippen LogP) is 0.259. The summed E-state index contributed by atoms with van der Waals surface area (Å²) in [5, 5.41) is 9.44. The molecule has 1 aromatic rings. The molecule has 0 saturated carbocycles. The first kappa shape index (κ1) is 11.5. The van der Waals surface area contributed by atoms with E-state index in [0.29, 0.717) is 0 Å². The summed E-state index contributed by atoms with van der Waals surface area (Å²) in [6.07, 6.45) is 0. The fraction of sp³-hybridized carbons (Fsp3) is 0.500. The zero-order valence-electron chi connectivity index (χ0n) is 10.1. The molecule has 0 aliphatic carbocycles. The molecule has 0 aromatic heterocycles. The average Bonchev–Trinajstić information content (AvgIpc) is 2.30. The highest BCUT2D eigenvalue weighted by Crippen LogP contribution is 2.14. The first-order valence-electron chi connectivity index (χ1n) is 5.88. The van der Waals surface area contributed by atoms with Crippen LogP contribution in [0.15, 0.2) is 24.3 Å². The fourth-order valence-electron chi connectivity index (χ4n) is 2.03. The Kier molecular flexibility index (Phi) is 3.51. The van der Waals surface area contributed by atoms with Crippen molar-refractivity contribution in [2.45, 2.75) is 6.82 Å². The largest absolute Gasteiger partial charge is 0.447 e. The Labute approximate surface area is 97.8 Å². The summed E-state index contributed by atoms with van der Waals surface area (Å²) in [6, 6.07) is 8.23. The van der Waals surface area contributed by atoms with Gasteiger partial charge in [0.25, 0.3) is 0 Å². The number of likely N-dealkylation sites (N-methyl/N-ethyl adjacent to an activating group) is 1. The zero-order chi connectivity index (χ0) is 11.5. The van der Waals surface area contributed by atoms with Crippen LogP contribution in [-0.4, -0.2) is 50.1 Å². The van der Waals surface area contributed by atoms with E-state index < -0.39 is 0 Å². The monoisotopic (exact) mass is 218 g/mol. The molecule has 0 atom stereocenters. The van der Waals surface area contributed by atoms with E-state index in [1.54, 1.807) is 6.82 Å². The van der Waals surface area contributed by atoms with Crippen molar-refractivity contribution < 1.29 is 5.02 Å². The topological polar surface area (TPSA) is 26.7 Å². The number of anilines is 1. The molecule has 2 rings (SSSR count). The number of rotatable bonds is 2. The Bertz CT molecular complexity index is 331. The van der Waals surface area contributed by atoms with Crippen molar-refractivity contribution in [3.05, 3.63) is 24.3 Å². The van der Waals surface area contributed by atoms with Gasteiger partial charge >= 0.3 is 6.92 Å². The molecule has 3 nitrogen and oxygen atoms in total. The summed E-state index contributed by atoms with van der Waals surface area (Å²) in [4.78, 5) is 4.74. The molecule has 86 valence electrons. The molecule has 1 aliphatic rings. The Hall–Kier alpha value is -0.995. The van der Waals surface area contributed by atoms with Gasteiger partial charge in [-0.25, -0.2) is 0 Å². The zero-order valence-corrected chi connectivity index (χ0v) is 10.1. The second kappa shape index (κ2) is 4.89. The Balaban J connectivity index is 2.04. The van der Waals surface area contributed by atoms with Gasteiger partial charge in [0.05, 0.1) is 0 Å². The molecule has 0 unspecified atom stereocenters. The van der Waals surface area contributed by atoms with E-state index in [1.165, 1.54) is 5.69 Å². The van der Waals surface area contributed by atoms with Crippen molar-refractivity contribution in [3.8, 4) is 0 Å². The van der Waals surface area contributed by atoms with Gasteiger partial charge in [-0.2, -0.15) is 0 Å². The van der Waals surface area contributed by atoms with Crippen LogP contribution in [0.2, 0.25) is 6.82 Å². The molecule has 1 heterocycles. The van der Waals surface area contributed by atoms with Crippen molar-refractivity contribution >= 4 is 18.1 Å². The molecule has 0 radical (unpaired) electrons. The van der Waals surface area contributed by atoms with E-state index in [4.69, 9.17) is 0 Å². The molecule has 0 bridgehead atoms. The number of hydrogen-bond acceptors (Lipinski definition) is 3. The summed E-state index contributed by atoms with van der Waals surface area (Å²) in [5.41, 5.74) is 2.25. The van der Waals surface area contributed by atoms with Crippen molar-refractivity contribution in [2.24, 2.45) is 0 Å². The lowest BCUT2D eigenvalue weighted by molar-refractivity contribution is 0.313. The first-order chi connectivity index (χ1) is 7.66. The molecule has 16 heavy (non-hydrogen) atoms. The maximum Gasteiger partial charge on any atom is 0.320 e. The second-order valence-corrected chi connectivity index (χ2v) is 4.56. The van der Waals surface area contributed by atoms with Gasteiger partial charge in [0.2, 0.25) is 0 Å². The number of piperazine rings is 1. The van der Waals surface area contributed by atoms with Crippen LogP contribution in [0.5, 0.6) is 0 Å². The van der Waals surface area contributed by atoms with Crippen LogP contribution >= 0.6 is 0 Å². The van der Waals surface area contributed by atoms with E-state index in [-0.39, 0.29) is 6.92 Å². The van der Waals surface area contributed by atoms with Gasteiger partial charge in [-0.05, 0) is 24.6 Å². The minimum Gasteiger partial charge on any atom is -0.447 e. The molecule has 4 heteroatoms. The van der Waals surface area contributed by atoms with E-state index in [0.717, 1.165) is 31.6 Å². The Morgan fingerprint density at radius 1 is 1.06 bits per heavy atom. The average molecular weight is 218 g/mol. The third-order valence-electron chi connectivity index (χ3n) is 3.24. The van der Waals surface area contributed by atoms with Gasteiger partial charge in [-0.3, -0.25) is 0 Å². The van der Waals surface area contributed by atoms with Gasteiger partial charge in [0.15, 0.2) is 0 Å². The Morgan fingerprint density at radius 3 is 2.12 bits per heavy atom. The first-order valence-corrected chi connectivity index (χ1v) is 5.88. The normalized spacial score (nSPS) is 17.6. The van der Waals surface area contributed by atoms with Gasteiger partial charge < -0.3 is 14.8 Å². The van der Waals surface area contributed by atoms with Crippen molar-refractivity contribution in [1.82, 2.24) is 4.90 Å². The Morgan fingerprint density at radius 2 is 1.62 bits per heavy atom. The molecule has 1 aromatic carbocycles. The van der Waals surface area contributed by atoms with E-state index >= 15 is 0 Å². The molecule has 1 N–H and O–H groups in total. The quantitative estimate of drug-likeness (QED) is 0.721. The van der Waals surface area contributed by atoms with Crippen molar-refractivity contribution in [3.63, 3.8) is 0 Å². The number of hydrogen-bond donors (Lipinski definition) is 1. The third-order valence-corrected chi connectivity index (χ3v) is 3.24. The molecule has 0 amide bonds. The van der Waals surface area contributed by atoms with Crippen LogP contribution in [0, 0.1) is 0 Å². The molecule has 1 saturated heterocycles. The van der Waals surface area contributed by atoms with Crippen LogP contribution in [0.25, 0.3) is 0 Å². The van der Waals surface area contributed by atoms with Gasteiger partial charge in [-0.15, -0.1) is 0 Å². The molecule has 0 spiro atoms. The second-order valence-electron chi connectivity index (χ2n) is 4.56. The highest BCUT2D eigenvalue weighted by atomic mass is 16.2. The highest BCUT2D eigenvalue weighted by molar-refractivity contribution is 6.64. The van der Waals surface area contributed by atoms with Gasteiger partial charge in [-0.1, -0.05) is 19.0 Å².